The Bertz CT molecular complexity index is 1070. The molecule has 1 fully saturated rings. The molecule has 1 saturated heterocycles. The maximum Gasteiger partial charge on any atom is 0.250 e. The van der Waals surface area contributed by atoms with Gasteiger partial charge < -0.3 is 4.90 Å². The number of allylic oxidation sites excluding steroid dienone is 2. The Hall–Kier alpha value is -3.47. The Morgan fingerprint density at radius 1 is 1.16 bits per heavy atom. The predicted molar refractivity (Wildman–Crippen MR) is 129 cm³/mol. The molecule has 166 valence electrons. The third-order valence-electron chi connectivity index (χ3n) is 6.17. The van der Waals surface area contributed by atoms with Crippen LogP contribution in [0.2, 0.25) is 0 Å². The first-order valence-corrected chi connectivity index (χ1v) is 10.8. The second-order valence-electron chi connectivity index (χ2n) is 8.40. The number of imide groups is 1. The summed E-state index contributed by atoms with van der Waals surface area (Å²) in [6.07, 6.45) is 7.91. The van der Waals surface area contributed by atoms with Crippen LogP contribution >= 0.6 is 0 Å². The fourth-order valence-electron chi connectivity index (χ4n) is 4.13. The van der Waals surface area contributed by atoms with E-state index in [-0.39, 0.29) is 24.1 Å². The normalized spacial score (nSPS) is 19.3. The van der Waals surface area contributed by atoms with Crippen molar-refractivity contribution >= 4 is 35.4 Å². The van der Waals surface area contributed by atoms with Gasteiger partial charge in [-0.2, -0.15) is 0 Å². The lowest BCUT2D eigenvalue weighted by Gasteiger charge is -2.29. The van der Waals surface area contributed by atoms with Crippen LogP contribution in [0.3, 0.4) is 0 Å². The summed E-state index contributed by atoms with van der Waals surface area (Å²) in [5, 5.41) is 2.33. The highest BCUT2D eigenvalue weighted by Crippen LogP contribution is 2.28. The predicted octanol–water partition coefficient (Wildman–Crippen LogP) is 4.68. The van der Waals surface area contributed by atoms with Gasteiger partial charge in [0.1, 0.15) is 6.04 Å². The van der Waals surface area contributed by atoms with Crippen molar-refractivity contribution in [2.45, 2.75) is 45.6 Å². The number of carbonyl (C=O) groups excluding carboxylic acids is 3. The van der Waals surface area contributed by atoms with E-state index in [1.165, 1.54) is 0 Å². The third kappa shape index (κ3) is 4.88. The van der Waals surface area contributed by atoms with Crippen molar-refractivity contribution in [2.24, 2.45) is 0 Å². The Morgan fingerprint density at radius 3 is 2.53 bits per heavy atom. The number of benzene rings is 1. The zero-order chi connectivity index (χ0) is 23.4. The second-order valence-corrected chi connectivity index (χ2v) is 8.40. The van der Waals surface area contributed by atoms with Crippen LogP contribution < -0.4 is 5.32 Å². The molecule has 0 spiro atoms. The first kappa shape index (κ1) is 23.2. The van der Waals surface area contributed by atoms with Crippen LogP contribution in [0.25, 0.3) is 17.7 Å². The van der Waals surface area contributed by atoms with Crippen molar-refractivity contribution in [1.82, 2.24) is 10.2 Å². The van der Waals surface area contributed by atoms with Gasteiger partial charge in [0.05, 0.1) is 0 Å². The number of nitrogens with one attached hydrogen (secondary N) is 1. The van der Waals surface area contributed by atoms with E-state index < -0.39 is 6.04 Å². The highest BCUT2D eigenvalue weighted by molar-refractivity contribution is 6.05. The molecule has 5 heteroatoms. The van der Waals surface area contributed by atoms with Crippen molar-refractivity contribution in [3.05, 3.63) is 77.4 Å². The van der Waals surface area contributed by atoms with Gasteiger partial charge >= 0.3 is 0 Å². The van der Waals surface area contributed by atoms with Gasteiger partial charge in [0.2, 0.25) is 11.8 Å². The first-order valence-electron chi connectivity index (χ1n) is 10.8. The number of rotatable bonds is 8. The molecule has 1 aromatic rings. The topological polar surface area (TPSA) is 66.5 Å². The van der Waals surface area contributed by atoms with Gasteiger partial charge in [-0.25, -0.2) is 0 Å². The van der Waals surface area contributed by atoms with Crippen LogP contribution in [-0.2, 0) is 14.4 Å². The Kier molecular flexibility index (Phi) is 7.08. The Balaban J connectivity index is 1.64. The van der Waals surface area contributed by atoms with Gasteiger partial charge in [-0.15, -0.1) is 0 Å². The van der Waals surface area contributed by atoms with Crippen LogP contribution in [0, 0.1) is 0 Å². The van der Waals surface area contributed by atoms with Crippen molar-refractivity contribution in [3.8, 4) is 0 Å². The average molecular weight is 431 g/mol. The third-order valence-corrected chi connectivity index (χ3v) is 6.17. The fraction of sp³-hybridized carbons (Fsp3) is 0.296. The van der Waals surface area contributed by atoms with Crippen molar-refractivity contribution in [1.29, 1.82) is 0 Å². The van der Waals surface area contributed by atoms with Crippen LogP contribution in [0.1, 0.15) is 56.2 Å². The molecular weight excluding hydrogens is 400 g/mol. The van der Waals surface area contributed by atoms with Gasteiger partial charge in [0, 0.05) is 18.5 Å². The summed E-state index contributed by atoms with van der Waals surface area (Å²) >= 11 is 0. The lowest BCUT2D eigenvalue weighted by Crippen LogP contribution is -2.53. The van der Waals surface area contributed by atoms with E-state index in [0.717, 1.165) is 46.3 Å². The summed E-state index contributed by atoms with van der Waals surface area (Å²) in [5.41, 5.74) is 6.91. The molecule has 1 atom stereocenters. The number of piperidine rings is 1. The molecule has 1 aromatic carbocycles. The molecule has 1 N–H and O–H groups in total. The standard InChI is InChI=1S/C27H30N2O3/c1-6-20-10-11-22(15-21(20)7-2)18(4)9-8-17(3)14-23-16-29(27(32)19(23)5)24-12-13-25(30)28-26(24)31/h6-7,10-11,14-15,24H,1-2,4,8-9,12-13,16H2,3,5H3,(H,28,30,31)/b17-14+. The quantitative estimate of drug-likeness (QED) is 0.609. The summed E-state index contributed by atoms with van der Waals surface area (Å²) < 4.78 is 0. The number of hydrogen-bond acceptors (Lipinski definition) is 3. The molecule has 0 saturated carbocycles. The van der Waals surface area contributed by atoms with Crippen molar-refractivity contribution in [3.63, 3.8) is 0 Å². The molecular formula is C27H30N2O3. The molecule has 0 aromatic heterocycles. The lowest BCUT2D eigenvalue weighted by atomic mass is 9.95. The minimum atomic E-state index is -0.585. The van der Waals surface area contributed by atoms with E-state index in [2.05, 4.69) is 31.1 Å². The smallest absolute Gasteiger partial charge is 0.250 e. The highest BCUT2D eigenvalue weighted by Gasteiger charge is 2.38. The molecule has 0 radical (unpaired) electrons. The molecule has 3 amide bonds. The minimum absolute atomic E-state index is 0.137. The van der Waals surface area contributed by atoms with Gasteiger partial charge in [0.15, 0.2) is 0 Å². The molecule has 2 heterocycles. The van der Waals surface area contributed by atoms with E-state index in [1.54, 1.807) is 11.8 Å². The van der Waals surface area contributed by atoms with E-state index in [4.69, 9.17) is 0 Å². The molecule has 2 aliphatic heterocycles. The molecule has 5 nitrogen and oxygen atoms in total. The van der Waals surface area contributed by atoms with Gasteiger partial charge in [0.25, 0.3) is 5.91 Å². The van der Waals surface area contributed by atoms with Crippen LogP contribution in [0.15, 0.2) is 60.7 Å². The molecule has 0 aliphatic carbocycles. The molecule has 3 rings (SSSR count). The largest absolute Gasteiger partial charge is 0.323 e. The van der Waals surface area contributed by atoms with Crippen LogP contribution in [-0.4, -0.2) is 35.2 Å². The van der Waals surface area contributed by atoms with E-state index in [0.29, 0.717) is 18.5 Å². The van der Waals surface area contributed by atoms with Gasteiger partial charge in [-0.3, -0.25) is 19.7 Å². The zero-order valence-corrected chi connectivity index (χ0v) is 18.9. The zero-order valence-electron chi connectivity index (χ0n) is 18.9. The molecule has 0 bridgehead atoms. The minimum Gasteiger partial charge on any atom is -0.323 e. The Labute approximate surface area is 189 Å². The number of amides is 3. The summed E-state index contributed by atoms with van der Waals surface area (Å²) in [6.45, 7) is 16.2. The number of carbonyl (C=O) groups is 3. The Morgan fingerprint density at radius 2 is 1.88 bits per heavy atom. The van der Waals surface area contributed by atoms with Gasteiger partial charge in [-0.05, 0) is 67.0 Å². The fourth-order valence-corrected chi connectivity index (χ4v) is 4.13. The maximum atomic E-state index is 12.7. The highest BCUT2D eigenvalue weighted by atomic mass is 16.2. The van der Waals surface area contributed by atoms with E-state index in [9.17, 15) is 14.4 Å². The van der Waals surface area contributed by atoms with Crippen LogP contribution in [0.5, 0.6) is 0 Å². The summed E-state index contributed by atoms with van der Waals surface area (Å²) in [6, 6.07) is 5.56. The monoisotopic (exact) mass is 430 g/mol. The summed E-state index contributed by atoms with van der Waals surface area (Å²) in [7, 11) is 0. The van der Waals surface area contributed by atoms with Gasteiger partial charge in [-0.1, -0.05) is 55.7 Å². The first-order chi connectivity index (χ1) is 15.2. The average Bonchev–Trinajstić information content (AvgIpc) is 3.05. The maximum absolute atomic E-state index is 12.7. The number of nitrogens with zero attached hydrogens (tertiary/aromatic N) is 1. The van der Waals surface area contributed by atoms with E-state index >= 15 is 0 Å². The molecule has 1 unspecified atom stereocenters. The SMILES string of the molecule is C=Cc1ccc(C(=C)CC/C(C)=C/C2=C(C)C(=O)N(C3CCC(=O)NC3=O)C2)cc1C=C. The van der Waals surface area contributed by atoms with E-state index in [1.807, 2.05) is 37.3 Å². The van der Waals surface area contributed by atoms with Crippen molar-refractivity contribution < 1.29 is 14.4 Å². The summed E-state index contributed by atoms with van der Waals surface area (Å²) in [5.74, 6) is -0.803. The molecule has 32 heavy (non-hydrogen) atoms. The lowest BCUT2D eigenvalue weighted by molar-refractivity contribution is -0.142. The number of hydrogen-bond donors (Lipinski definition) is 1. The summed E-state index contributed by atoms with van der Waals surface area (Å²) in [4.78, 5) is 37.9. The van der Waals surface area contributed by atoms with Crippen LogP contribution in [0.4, 0.5) is 0 Å². The van der Waals surface area contributed by atoms with Crippen molar-refractivity contribution in [2.75, 3.05) is 6.54 Å². The second kappa shape index (κ2) is 9.77. The molecule has 2 aliphatic rings.